The largest absolute Gasteiger partial charge is 0.497 e. The maximum absolute atomic E-state index is 12.3. The highest BCUT2D eigenvalue weighted by atomic mass is 16.7. The Morgan fingerprint density at radius 3 is 2.62 bits per heavy atom. The van der Waals surface area contributed by atoms with E-state index in [1.54, 1.807) is 43.5 Å². The highest BCUT2D eigenvalue weighted by Crippen LogP contribution is 2.35. The highest BCUT2D eigenvalue weighted by molar-refractivity contribution is 5.95. The van der Waals surface area contributed by atoms with Gasteiger partial charge in [-0.1, -0.05) is 0 Å². The maximum atomic E-state index is 12.3. The Kier molecular flexibility index (Phi) is 4.89. The van der Waals surface area contributed by atoms with Gasteiger partial charge in [-0.3, -0.25) is 15.6 Å². The van der Waals surface area contributed by atoms with Gasteiger partial charge < -0.3 is 25.3 Å². The number of rotatable bonds is 6. The van der Waals surface area contributed by atoms with Crippen LogP contribution in [0, 0.1) is 0 Å². The van der Waals surface area contributed by atoms with Gasteiger partial charge >= 0.3 is 0 Å². The molecule has 148 valence electrons. The average Bonchev–Trinajstić information content (AvgIpc) is 3.22. The smallest absolute Gasteiger partial charge is 0.269 e. The third-order valence-electron chi connectivity index (χ3n) is 4.17. The first-order chi connectivity index (χ1) is 14.1. The van der Waals surface area contributed by atoms with Crippen molar-refractivity contribution in [1.82, 2.24) is 15.4 Å². The Balaban J connectivity index is 1.44. The molecule has 0 saturated heterocycles. The number of carbonyl (C=O) groups excluding carboxylic acids is 1. The molecule has 10 nitrogen and oxygen atoms in total. The number of nitrogens with zero attached hydrogens (tertiary/aromatic N) is 2. The van der Waals surface area contributed by atoms with Gasteiger partial charge in [-0.2, -0.15) is 0 Å². The van der Waals surface area contributed by atoms with Crippen LogP contribution in [0.5, 0.6) is 17.2 Å². The van der Waals surface area contributed by atoms with E-state index in [1.807, 2.05) is 6.07 Å². The van der Waals surface area contributed by atoms with Crippen molar-refractivity contribution in [3.8, 4) is 17.2 Å². The summed E-state index contributed by atoms with van der Waals surface area (Å²) in [6.07, 6.45) is 1.33. The van der Waals surface area contributed by atoms with Crippen LogP contribution in [0.3, 0.4) is 0 Å². The summed E-state index contributed by atoms with van der Waals surface area (Å²) >= 11 is 0. The molecule has 0 aliphatic carbocycles. The minimum atomic E-state index is -0.351. The van der Waals surface area contributed by atoms with Crippen molar-refractivity contribution in [1.29, 1.82) is 0 Å². The fourth-order valence-electron chi connectivity index (χ4n) is 2.64. The van der Waals surface area contributed by atoms with Gasteiger partial charge in [-0.25, -0.2) is 9.97 Å². The van der Waals surface area contributed by atoms with Crippen molar-refractivity contribution >= 4 is 28.9 Å². The van der Waals surface area contributed by atoms with E-state index in [9.17, 15) is 4.79 Å². The molecule has 2 aromatic carbocycles. The third kappa shape index (κ3) is 3.90. The van der Waals surface area contributed by atoms with Crippen LogP contribution in [-0.4, -0.2) is 29.8 Å². The van der Waals surface area contributed by atoms with Crippen molar-refractivity contribution < 1.29 is 19.0 Å². The number of methoxy groups -OCH3 is 1. The number of hydrazine groups is 1. The number of hydrogen-bond acceptors (Lipinski definition) is 9. The number of carbonyl (C=O) groups is 1. The number of amides is 1. The quantitative estimate of drug-likeness (QED) is 0.465. The minimum absolute atomic E-state index is 0.191. The average molecular weight is 394 g/mol. The van der Waals surface area contributed by atoms with Crippen LogP contribution >= 0.6 is 0 Å². The van der Waals surface area contributed by atoms with Gasteiger partial charge in [0.1, 0.15) is 17.8 Å². The molecule has 0 spiro atoms. The van der Waals surface area contributed by atoms with Gasteiger partial charge in [0.05, 0.1) is 7.11 Å². The van der Waals surface area contributed by atoms with Gasteiger partial charge in [0, 0.05) is 17.3 Å². The standard InChI is InChI=1S/C19H18N6O4/c1-27-13-5-2-11(3-6-13)19(26)25-24-18-16(20)17(21-9-22-18)23-12-4-7-14-15(8-12)29-10-28-14/h2-9H,10,20H2,1H3,(H,25,26)(H2,21,22,23,24). The van der Waals surface area contributed by atoms with Crippen LogP contribution in [0.4, 0.5) is 23.0 Å². The summed E-state index contributed by atoms with van der Waals surface area (Å²) in [5, 5.41) is 3.10. The first-order valence-electron chi connectivity index (χ1n) is 8.61. The van der Waals surface area contributed by atoms with Crippen molar-refractivity contribution in [2.45, 2.75) is 0 Å². The number of nitrogen functional groups attached to an aromatic ring is 1. The first-order valence-corrected chi connectivity index (χ1v) is 8.61. The second kappa shape index (κ2) is 7.80. The van der Waals surface area contributed by atoms with Gasteiger partial charge in [0.15, 0.2) is 23.1 Å². The molecule has 0 saturated carbocycles. The lowest BCUT2D eigenvalue weighted by atomic mass is 10.2. The van der Waals surface area contributed by atoms with Crippen LogP contribution < -0.4 is 36.1 Å². The fourth-order valence-corrected chi connectivity index (χ4v) is 2.64. The third-order valence-corrected chi connectivity index (χ3v) is 4.17. The number of hydrogen-bond donors (Lipinski definition) is 4. The van der Waals surface area contributed by atoms with Gasteiger partial charge in [0.25, 0.3) is 5.91 Å². The molecule has 29 heavy (non-hydrogen) atoms. The zero-order valence-corrected chi connectivity index (χ0v) is 15.4. The summed E-state index contributed by atoms with van der Waals surface area (Å²) in [5.74, 6) is 2.25. The van der Waals surface area contributed by atoms with E-state index in [-0.39, 0.29) is 24.2 Å². The summed E-state index contributed by atoms with van der Waals surface area (Å²) in [7, 11) is 1.56. The number of nitrogens with one attached hydrogen (secondary N) is 3. The van der Waals surface area contributed by atoms with Crippen molar-refractivity contribution in [2.75, 3.05) is 30.4 Å². The lowest BCUT2D eigenvalue weighted by molar-refractivity contribution is 0.0962. The van der Waals surface area contributed by atoms with Gasteiger partial charge in [-0.05, 0) is 36.4 Å². The van der Waals surface area contributed by atoms with E-state index in [0.29, 0.717) is 34.3 Å². The Labute approximate surface area is 166 Å². The number of anilines is 4. The van der Waals surface area contributed by atoms with Crippen LogP contribution in [0.1, 0.15) is 10.4 Å². The summed E-state index contributed by atoms with van der Waals surface area (Å²) in [6, 6.07) is 12.1. The van der Waals surface area contributed by atoms with Crippen molar-refractivity contribution in [3.63, 3.8) is 0 Å². The monoisotopic (exact) mass is 394 g/mol. The maximum Gasteiger partial charge on any atom is 0.269 e. The molecule has 1 aliphatic rings. The van der Waals surface area contributed by atoms with Crippen molar-refractivity contribution in [2.24, 2.45) is 0 Å². The van der Waals surface area contributed by atoms with Crippen LogP contribution in [0.2, 0.25) is 0 Å². The molecule has 0 fully saturated rings. The number of nitrogens with two attached hydrogens (primary N) is 1. The molecule has 0 radical (unpaired) electrons. The Morgan fingerprint density at radius 2 is 1.83 bits per heavy atom. The van der Waals surface area contributed by atoms with E-state index >= 15 is 0 Å². The predicted molar refractivity (Wildman–Crippen MR) is 106 cm³/mol. The lowest BCUT2D eigenvalue weighted by Gasteiger charge is -2.13. The molecular formula is C19H18N6O4. The zero-order chi connectivity index (χ0) is 20.2. The van der Waals surface area contributed by atoms with Crippen LogP contribution in [-0.2, 0) is 0 Å². The first kappa shape index (κ1) is 18.2. The van der Waals surface area contributed by atoms with E-state index in [1.165, 1.54) is 6.33 Å². The molecule has 5 N–H and O–H groups in total. The Morgan fingerprint density at radius 1 is 1.07 bits per heavy atom. The summed E-state index contributed by atoms with van der Waals surface area (Å²) < 4.78 is 15.7. The van der Waals surface area contributed by atoms with Gasteiger partial charge in [-0.15, -0.1) is 0 Å². The topological polar surface area (TPSA) is 133 Å². The number of fused-ring (bicyclic) bond motifs is 1. The molecule has 10 heteroatoms. The second-order valence-electron chi connectivity index (χ2n) is 5.99. The van der Waals surface area contributed by atoms with E-state index in [2.05, 4.69) is 26.1 Å². The molecular weight excluding hydrogens is 376 g/mol. The Hall–Kier alpha value is -4.21. The Bertz CT molecular complexity index is 1040. The fraction of sp³-hybridized carbons (Fsp3) is 0.105. The molecule has 4 rings (SSSR count). The zero-order valence-electron chi connectivity index (χ0n) is 15.4. The van der Waals surface area contributed by atoms with Crippen molar-refractivity contribution in [3.05, 3.63) is 54.4 Å². The number of ether oxygens (including phenoxy) is 3. The summed E-state index contributed by atoms with van der Waals surface area (Å²) in [5.41, 5.74) is 12.8. The molecule has 1 amide bonds. The van der Waals surface area contributed by atoms with Crippen LogP contribution in [0.15, 0.2) is 48.8 Å². The van der Waals surface area contributed by atoms with E-state index in [4.69, 9.17) is 19.9 Å². The van der Waals surface area contributed by atoms with Crippen LogP contribution in [0.25, 0.3) is 0 Å². The van der Waals surface area contributed by atoms with E-state index < -0.39 is 0 Å². The molecule has 1 aliphatic heterocycles. The number of aromatic nitrogens is 2. The second-order valence-corrected chi connectivity index (χ2v) is 5.99. The molecule has 0 atom stereocenters. The van der Waals surface area contributed by atoms with E-state index in [0.717, 1.165) is 0 Å². The summed E-state index contributed by atoms with van der Waals surface area (Å²) in [6.45, 7) is 0.191. The molecule has 0 bridgehead atoms. The molecule has 3 aromatic rings. The predicted octanol–water partition coefficient (Wildman–Crippen LogP) is 2.30. The number of benzene rings is 2. The lowest BCUT2D eigenvalue weighted by Crippen LogP contribution is -2.30. The highest BCUT2D eigenvalue weighted by Gasteiger charge is 2.15. The molecule has 1 aromatic heterocycles. The van der Waals surface area contributed by atoms with Gasteiger partial charge in [0.2, 0.25) is 6.79 Å². The minimum Gasteiger partial charge on any atom is -0.497 e. The molecule has 2 heterocycles. The normalized spacial score (nSPS) is 11.6. The summed E-state index contributed by atoms with van der Waals surface area (Å²) in [4.78, 5) is 20.5. The molecule has 0 unspecified atom stereocenters. The SMILES string of the molecule is COc1ccc(C(=O)NNc2ncnc(Nc3ccc4c(c3)OCO4)c2N)cc1.